The molecule has 0 fully saturated rings. The Morgan fingerprint density at radius 2 is 0.812 bits per heavy atom. The Hall–Kier alpha value is -3.80. The van der Waals surface area contributed by atoms with Crippen molar-refractivity contribution in [1.29, 1.82) is 6.44 Å². The lowest BCUT2D eigenvalue weighted by Crippen LogP contribution is -1.91. The molecule has 0 bridgehead atoms. The number of hydrogen-bond donors (Lipinski definition) is 1. The number of benzene rings is 6. The van der Waals surface area contributed by atoms with Crippen molar-refractivity contribution >= 4 is 41.3 Å². The van der Waals surface area contributed by atoms with Crippen molar-refractivity contribution in [2.75, 3.05) is 0 Å². The molecule has 0 heterocycles. The lowest BCUT2D eigenvalue weighted by atomic mass is 9.85. The van der Waals surface area contributed by atoms with Gasteiger partial charge in [0, 0.05) is 0 Å². The van der Waals surface area contributed by atoms with Gasteiger partial charge in [0.15, 0.2) is 0 Å². The summed E-state index contributed by atoms with van der Waals surface area (Å²) in [6, 6.07) is 43.8. The second kappa shape index (κ2) is 8.75. The molecular weight excluding hydrogens is 405 g/mol. The molecule has 6 rings (SSSR count). The van der Waals surface area contributed by atoms with Crippen LogP contribution in [0.5, 0.6) is 0 Å². The molecule has 6 aromatic carbocycles. The van der Waals surface area contributed by atoms with Crippen molar-refractivity contribution < 1.29 is 0 Å². The number of rotatable bonds is 2. The molecule has 0 atom stereocenters. The Morgan fingerprint density at radius 3 is 1.22 bits per heavy atom. The molecule has 0 radical (unpaired) electrons. The standard InChI is InChI=1S/C30H20.H2NP/c1-3-11-21(12-4-1)29-25-17-9-10-18-26(25)30(22-13-5-2-6-14-22)28-20-24-16-8-7-15-23(24)19-27(28)29;1-2/h1-20H;1-2H/i;2D. The average molecular weight is 428 g/mol. The molecule has 0 aliphatic carbocycles. The summed E-state index contributed by atoms with van der Waals surface area (Å²) < 4.78 is 5.85. The summed E-state index contributed by atoms with van der Waals surface area (Å²) in [5.41, 5.74) is 5.14. The first kappa shape index (κ1) is 18.9. The highest BCUT2D eigenvalue weighted by Crippen LogP contribution is 2.44. The number of hydrogen-bond acceptors (Lipinski definition) is 1. The van der Waals surface area contributed by atoms with Crippen molar-refractivity contribution in [1.82, 2.24) is 0 Å². The molecule has 0 aliphatic rings. The van der Waals surface area contributed by atoms with Gasteiger partial charge in [-0.25, -0.2) is 0 Å². The smallest absolute Gasteiger partial charge is 0.114 e. The van der Waals surface area contributed by atoms with Crippen LogP contribution in [-0.2, 0) is 0 Å². The van der Waals surface area contributed by atoms with E-state index in [0.717, 1.165) is 0 Å². The van der Waals surface area contributed by atoms with Gasteiger partial charge in [-0.3, -0.25) is 5.16 Å². The first-order chi connectivity index (χ1) is 16.3. The Bertz CT molecular complexity index is 1460. The normalized spacial score (nSPS) is 11.3. The van der Waals surface area contributed by atoms with Gasteiger partial charge in [0.2, 0.25) is 0 Å². The van der Waals surface area contributed by atoms with Crippen LogP contribution in [-0.4, -0.2) is 1.28 Å². The minimum atomic E-state index is -0.0833. The molecule has 152 valence electrons. The molecule has 0 saturated heterocycles. The van der Waals surface area contributed by atoms with Crippen molar-refractivity contribution in [2.24, 2.45) is 0 Å². The van der Waals surface area contributed by atoms with Gasteiger partial charge in [0.1, 0.15) is 1.28 Å². The van der Waals surface area contributed by atoms with E-state index >= 15 is 0 Å². The van der Waals surface area contributed by atoms with Gasteiger partial charge in [-0.1, -0.05) is 109 Å². The molecule has 0 aromatic heterocycles. The SMILES string of the molecule is [2H]P=N.c1ccc(-c2c3ccccc3c(-c3ccccc3)c3cc4ccccc4cc23)cc1. The Labute approximate surface area is 191 Å². The lowest BCUT2D eigenvalue weighted by Gasteiger charge is -2.18. The molecular formula is C30H22NP. The quantitative estimate of drug-likeness (QED) is 0.210. The molecule has 0 amide bonds. The van der Waals surface area contributed by atoms with E-state index in [4.69, 9.17) is 6.44 Å². The van der Waals surface area contributed by atoms with Crippen LogP contribution in [0.1, 0.15) is 0 Å². The van der Waals surface area contributed by atoms with E-state index in [2.05, 4.69) is 121 Å². The van der Waals surface area contributed by atoms with Gasteiger partial charge >= 0.3 is 0 Å². The minimum absolute atomic E-state index is 0.0833. The van der Waals surface area contributed by atoms with Crippen LogP contribution in [0.2, 0.25) is 0 Å². The molecule has 0 unspecified atom stereocenters. The average Bonchev–Trinajstić information content (AvgIpc) is 2.87. The molecule has 2 heteroatoms. The molecule has 1 N–H and O–H groups in total. The molecule has 0 spiro atoms. The monoisotopic (exact) mass is 428 g/mol. The molecule has 6 aromatic rings. The van der Waals surface area contributed by atoms with Gasteiger partial charge in [-0.2, -0.15) is 0 Å². The summed E-state index contributed by atoms with van der Waals surface area (Å²) in [5, 5.41) is 13.6. The van der Waals surface area contributed by atoms with E-state index in [1.165, 1.54) is 54.6 Å². The second-order valence-electron chi connectivity index (χ2n) is 7.77. The van der Waals surface area contributed by atoms with Gasteiger partial charge in [0.05, 0.1) is 0 Å². The molecule has 0 aliphatic heterocycles. The van der Waals surface area contributed by atoms with Crippen molar-refractivity contribution in [3.05, 3.63) is 121 Å². The zero-order valence-electron chi connectivity index (χ0n) is 18.5. The molecule has 1 nitrogen and oxygen atoms in total. The molecule has 0 saturated carbocycles. The Kier molecular flexibility index (Phi) is 5.17. The van der Waals surface area contributed by atoms with Crippen molar-refractivity contribution in [3.8, 4) is 22.3 Å². The van der Waals surface area contributed by atoms with Crippen LogP contribution in [0.4, 0.5) is 0 Å². The highest BCUT2D eigenvalue weighted by molar-refractivity contribution is 7.02. The number of nitrogens with one attached hydrogen (secondary N) is 1. The van der Waals surface area contributed by atoms with E-state index in [1.54, 1.807) is 0 Å². The van der Waals surface area contributed by atoms with Crippen LogP contribution < -0.4 is 0 Å². The summed E-state index contributed by atoms with van der Waals surface area (Å²) in [5.74, 6) is 0. The third-order valence-electron chi connectivity index (χ3n) is 6.02. The highest BCUT2D eigenvalue weighted by atomic mass is 31.0. The largest absolute Gasteiger partial charge is 0.287 e. The predicted molar refractivity (Wildman–Crippen MR) is 141 cm³/mol. The third-order valence-corrected chi connectivity index (χ3v) is 6.02. The number of fused-ring (bicyclic) bond motifs is 3. The maximum absolute atomic E-state index is 5.85. The summed E-state index contributed by atoms with van der Waals surface area (Å²) in [6.07, 6.45) is 0. The fraction of sp³-hybridized carbons (Fsp3) is 0. The van der Waals surface area contributed by atoms with Crippen LogP contribution in [0.3, 0.4) is 0 Å². The van der Waals surface area contributed by atoms with Crippen molar-refractivity contribution in [2.45, 2.75) is 0 Å². The van der Waals surface area contributed by atoms with E-state index in [1.807, 2.05) is 0 Å². The maximum atomic E-state index is 5.85. The zero-order valence-corrected chi connectivity index (χ0v) is 18.4. The molecule has 32 heavy (non-hydrogen) atoms. The van der Waals surface area contributed by atoms with Crippen LogP contribution in [0, 0.1) is 5.16 Å². The fourth-order valence-electron chi connectivity index (χ4n) is 4.69. The van der Waals surface area contributed by atoms with Crippen molar-refractivity contribution in [3.63, 3.8) is 0 Å². The predicted octanol–water partition coefficient (Wildman–Crippen LogP) is 9.37. The van der Waals surface area contributed by atoms with Gasteiger partial charge in [0.25, 0.3) is 0 Å². The van der Waals surface area contributed by atoms with Crippen LogP contribution in [0.15, 0.2) is 121 Å². The Balaban J connectivity index is 0.000000724. The van der Waals surface area contributed by atoms with Crippen LogP contribution in [0.25, 0.3) is 54.6 Å². The first-order valence-corrected chi connectivity index (χ1v) is 11.1. The topological polar surface area (TPSA) is 23.9 Å². The summed E-state index contributed by atoms with van der Waals surface area (Å²) >= 11 is 0. The van der Waals surface area contributed by atoms with Gasteiger partial charge < -0.3 is 0 Å². The van der Waals surface area contributed by atoms with E-state index in [9.17, 15) is 0 Å². The van der Waals surface area contributed by atoms with Crippen LogP contribution >= 0.6 is 8.98 Å². The van der Waals surface area contributed by atoms with E-state index < -0.39 is 0 Å². The van der Waals surface area contributed by atoms with Gasteiger partial charge in [-0.15, -0.1) is 0 Å². The third kappa shape index (κ3) is 3.38. The summed E-state index contributed by atoms with van der Waals surface area (Å²) in [7, 11) is -0.0833. The van der Waals surface area contributed by atoms with Gasteiger partial charge in [-0.05, 0) is 75.7 Å². The van der Waals surface area contributed by atoms with E-state index in [-0.39, 0.29) is 8.98 Å². The summed E-state index contributed by atoms with van der Waals surface area (Å²) in [4.78, 5) is 0. The highest BCUT2D eigenvalue weighted by Gasteiger charge is 2.16. The second-order valence-corrected chi connectivity index (χ2v) is 7.77. The Morgan fingerprint density at radius 1 is 0.469 bits per heavy atom. The minimum Gasteiger partial charge on any atom is -0.287 e. The first-order valence-electron chi connectivity index (χ1n) is 11.1. The summed E-state index contributed by atoms with van der Waals surface area (Å²) in [6.45, 7) is 0. The van der Waals surface area contributed by atoms with E-state index in [0.29, 0.717) is 0 Å². The zero-order chi connectivity index (χ0) is 22.6. The maximum Gasteiger partial charge on any atom is 0.114 e. The lowest BCUT2D eigenvalue weighted by molar-refractivity contribution is 1.66. The fourth-order valence-corrected chi connectivity index (χ4v) is 4.69.